The summed E-state index contributed by atoms with van der Waals surface area (Å²) in [7, 11) is 0. The number of fused-ring (bicyclic) bond motifs is 2. The SMILES string of the molecule is C[C@@H](O)[C@H]1C(=O)N2C(C(=O)[O-])=C(c3cn4cnc(C(=O)c5ccccc5)c4s3)[C@H](C)[C@H]12.[Na+]. The summed E-state index contributed by atoms with van der Waals surface area (Å²) >= 11 is 1.25. The number of nitrogens with zero attached hydrogens (tertiary/aromatic N) is 3. The van der Waals surface area contributed by atoms with Crippen LogP contribution in [0.2, 0.25) is 0 Å². The first-order valence-corrected chi connectivity index (χ1v) is 10.7. The molecule has 3 aromatic rings. The fraction of sp³-hybridized carbons (Fsp3) is 0.273. The minimum atomic E-state index is -1.43. The van der Waals surface area contributed by atoms with Crippen LogP contribution in [0.25, 0.3) is 10.4 Å². The Balaban J connectivity index is 0.00000245. The molecule has 8 nitrogen and oxygen atoms in total. The van der Waals surface area contributed by atoms with Crippen molar-refractivity contribution in [3.63, 3.8) is 0 Å². The molecule has 4 atom stereocenters. The number of carboxylic acids is 1. The zero-order valence-corrected chi connectivity index (χ0v) is 20.5. The number of carbonyl (C=O) groups excluding carboxylic acids is 3. The summed E-state index contributed by atoms with van der Waals surface area (Å²) in [5.74, 6) is -3.03. The summed E-state index contributed by atoms with van der Waals surface area (Å²) in [4.78, 5) is 44.1. The van der Waals surface area contributed by atoms with Crippen LogP contribution in [0.15, 0.2) is 48.6 Å². The molecule has 1 N–H and O–H groups in total. The molecule has 0 spiro atoms. The fourth-order valence-corrected chi connectivity index (χ4v) is 5.90. The van der Waals surface area contributed by atoms with E-state index in [4.69, 9.17) is 0 Å². The number of imidazole rings is 1. The van der Waals surface area contributed by atoms with Gasteiger partial charge in [0.05, 0.1) is 34.6 Å². The molecule has 1 amide bonds. The van der Waals surface area contributed by atoms with Gasteiger partial charge in [-0.05, 0) is 6.92 Å². The number of β-lactam (4-membered cyclic amide) rings is 1. The van der Waals surface area contributed by atoms with Gasteiger partial charge in [0.15, 0.2) is 0 Å². The number of aliphatic hydroxyl groups is 1. The summed E-state index contributed by atoms with van der Waals surface area (Å²) < 4.78 is 1.69. The van der Waals surface area contributed by atoms with Gasteiger partial charge >= 0.3 is 29.6 Å². The number of benzene rings is 1. The summed E-state index contributed by atoms with van der Waals surface area (Å²) in [6, 6.07) is 8.37. The Morgan fingerprint density at radius 2 is 1.94 bits per heavy atom. The number of amides is 1. The van der Waals surface area contributed by atoms with Crippen LogP contribution >= 0.6 is 11.3 Å². The van der Waals surface area contributed by atoms with Gasteiger partial charge in [0.1, 0.15) is 16.9 Å². The van der Waals surface area contributed by atoms with Crippen LogP contribution in [0.1, 0.15) is 34.8 Å². The van der Waals surface area contributed by atoms with Crippen molar-refractivity contribution in [1.82, 2.24) is 14.3 Å². The number of hydrogen-bond acceptors (Lipinski definition) is 7. The molecule has 0 bridgehead atoms. The summed E-state index contributed by atoms with van der Waals surface area (Å²) in [6.45, 7) is 3.37. The molecule has 4 heterocycles. The number of aliphatic carboxylic acids is 1. The Kier molecular flexibility index (Phi) is 5.89. The predicted octanol–water partition coefficient (Wildman–Crippen LogP) is -2.05. The number of ketones is 1. The third-order valence-corrected chi connectivity index (χ3v) is 7.24. The summed E-state index contributed by atoms with van der Waals surface area (Å²) in [5.41, 5.74) is 1.11. The van der Waals surface area contributed by atoms with Crippen molar-refractivity contribution in [3.05, 3.63) is 64.7 Å². The first-order valence-electron chi connectivity index (χ1n) is 9.84. The van der Waals surface area contributed by atoms with Crippen LogP contribution in [0.3, 0.4) is 0 Å². The second kappa shape index (κ2) is 8.24. The van der Waals surface area contributed by atoms with E-state index in [9.17, 15) is 24.6 Å². The number of aliphatic hydroxyl groups excluding tert-OH is 1. The van der Waals surface area contributed by atoms with E-state index in [-0.39, 0.29) is 52.6 Å². The van der Waals surface area contributed by atoms with Crippen molar-refractivity contribution in [2.24, 2.45) is 11.8 Å². The van der Waals surface area contributed by atoms with Crippen LogP contribution in [-0.4, -0.2) is 49.2 Å². The second-order valence-electron chi connectivity index (χ2n) is 7.90. The molecule has 2 aromatic heterocycles. The first-order chi connectivity index (χ1) is 14.8. The molecular weight excluding hydrogens is 441 g/mol. The Labute approximate surface area is 209 Å². The zero-order chi connectivity index (χ0) is 22.0. The number of aromatic nitrogens is 2. The average molecular weight is 459 g/mol. The smallest absolute Gasteiger partial charge is 0.543 e. The zero-order valence-electron chi connectivity index (χ0n) is 17.7. The molecule has 10 heteroatoms. The van der Waals surface area contributed by atoms with Crippen molar-refractivity contribution in [2.45, 2.75) is 26.0 Å². The van der Waals surface area contributed by atoms with E-state index in [0.29, 0.717) is 20.8 Å². The number of hydrogen-bond donors (Lipinski definition) is 1. The van der Waals surface area contributed by atoms with Gasteiger partial charge in [-0.2, -0.15) is 0 Å². The quantitative estimate of drug-likeness (QED) is 0.267. The van der Waals surface area contributed by atoms with E-state index >= 15 is 0 Å². The third-order valence-electron chi connectivity index (χ3n) is 6.09. The standard InChI is InChI=1S/C22H19N3O5S.Na/c1-10-14(18(22(29)30)25-17(10)15(11(2)26)20(25)28)13-8-24-9-23-16(21(24)31-13)19(27)12-6-4-3-5-7-12;/h3-11,15,17,26H,1-2H3,(H,29,30);/q;+1/p-1/t10-,11+,15+,17+;/m0./s1. The summed E-state index contributed by atoms with van der Waals surface area (Å²) in [6.07, 6.45) is 2.36. The van der Waals surface area contributed by atoms with Gasteiger partial charge in [-0.1, -0.05) is 37.3 Å². The first kappa shape index (κ1) is 22.9. The fourth-order valence-electron chi connectivity index (χ4n) is 4.69. The van der Waals surface area contributed by atoms with E-state index in [0.717, 1.165) is 0 Å². The normalized spacial score (nSPS) is 23.0. The molecule has 0 unspecified atom stereocenters. The van der Waals surface area contributed by atoms with Crippen molar-refractivity contribution in [3.8, 4) is 0 Å². The van der Waals surface area contributed by atoms with Crippen LogP contribution in [0.5, 0.6) is 0 Å². The number of carboxylic acid groups (broad SMARTS) is 1. The van der Waals surface area contributed by atoms with E-state index < -0.39 is 29.9 Å². The predicted molar refractivity (Wildman–Crippen MR) is 110 cm³/mol. The molecule has 0 saturated carbocycles. The van der Waals surface area contributed by atoms with Crippen molar-refractivity contribution < 1.29 is 54.2 Å². The molecule has 5 rings (SSSR count). The van der Waals surface area contributed by atoms with Gasteiger partial charge in [0.2, 0.25) is 11.7 Å². The third kappa shape index (κ3) is 3.19. The van der Waals surface area contributed by atoms with Crippen molar-refractivity contribution in [2.75, 3.05) is 0 Å². The van der Waals surface area contributed by atoms with Crippen LogP contribution < -0.4 is 34.7 Å². The number of rotatable bonds is 5. The maximum atomic E-state index is 12.9. The molecule has 158 valence electrons. The van der Waals surface area contributed by atoms with E-state index in [1.807, 2.05) is 13.0 Å². The minimum absolute atomic E-state index is 0. The van der Waals surface area contributed by atoms with Gasteiger partial charge in [-0.25, -0.2) is 4.98 Å². The van der Waals surface area contributed by atoms with E-state index in [1.165, 1.54) is 29.5 Å². The minimum Gasteiger partial charge on any atom is -0.543 e. The Hall–Kier alpha value is -2.30. The molecule has 32 heavy (non-hydrogen) atoms. The van der Waals surface area contributed by atoms with Gasteiger partial charge in [-0.15, -0.1) is 11.3 Å². The number of carbonyl (C=O) groups is 3. The summed E-state index contributed by atoms with van der Waals surface area (Å²) in [5, 5.41) is 22.0. The molecule has 2 aliphatic heterocycles. The van der Waals surface area contributed by atoms with Crippen LogP contribution in [0, 0.1) is 11.8 Å². The maximum Gasteiger partial charge on any atom is 1.00 e. The molecule has 0 aliphatic carbocycles. The van der Waals surface area contributed by atoms with Gasteiger partial charge < -0.3 is 19.9 Å². The topological polar surface area (TPSA) is 115 Å². The second-order valence-corrected chi connectivity index (χ2v) is 8.93. The Morgan fingerprint density at radius 1 is 1.25 bits per heavy atom. The molecular formula is C22H18N3NaO5S. The van der Waals surface area contributed by atoms with Crippen LogP contribution in [-0.2, 0) is 9.59 Å². The monoisotopic (exact) mass is 459 g/mol. The molecule has 0 radical (unpaired) electrons. The Morgan fingerprint density at radius 3 is 2.56 bits per heavy atom. The molecule has 2 aliphatic rings. The van der Waals surface area contributed by atoms with Crippen LogP contribution in [0.4, 0.5) is 0 Å². The van der Waals surface area contributed by atoms with Crippen molar-refractivity contribution in [1.29, 1.82) is 0 Å². The van der Waals surface area contributed by atoms with E-state index in [1.54, 1.807) is 34.9 Å². The maximum absolute atomic E-state index is 12.9. The molecule has 1 saturated heterocycles. The van der Waals surface area contributed by atoms with Gasteiger partial charge in [0.25, 0.3) is 0 Å². The van der Waals surface area contributed by atoms with Gasteiger partial charge in [0, 0.05) is 23.3 Å². The largest absolute Gasteiger partial charge is 1.00 e. The number of thiazole rings is 1. The average Bonchev–Trinajstić information content (AvgIpc) is 3.37. The van der Waals surface area contributed by atoms with Crippen molar-refractivity contribution >= 4 is 39.4 Å². The Bertz CT molecular complexity index is 1280. The molecule has 1 aromatic carbocycles. The van der Waals surface area contributed by atoms with Gasteiger partial charge in [-0.3, -0.25) is 14.0 Å². The van der Waals surface area contributed by atoms with E-state index in [2.05, 4.69) is 4.98 Å². The molecule has 1 fully saturated rings.